The Morgan fingerprint density at radius 3 is 2.42 bits per heavy atom. The van der Waals surface area contributed by atoms with Gasteiger partial charge in [-0.25, -0.2) is 4.99 Å². The van der Waals surface area contributed by atoms with E-state index in [0.717, 1.165) is 17.3 Å². The molecule has 0 unspecified atom stereocenters. The Labute approximate surface area is 212 Å². The first-order chi connectivity index (χ1) is 15.7. The molecule has 1 aliphatic rings. The number of hydrogen-bond acceptors (Lipinski definition) is 6. The van der Waals surface area contributed by atoms with Crippen molar-refractivity contribution in [2.45, 2.75) is 11.8 Å². The van der Waals surface area contributed by atoms with Gasteiger partial charge in [-0.2, -0.15) is 8.42 Å². The summed E-state index contributed by atoms with van der Waals surface area (Å²) in [7, 11) is -4.08. The molecule has 1 aliphatic heterocycles. The molecule has 10 heteroatoms. The standard InChI is InChI=1S/C23H16Br2N2O4S2/c1-14-7-9-17(10-8-14)26-23-27-22(28)20(32-23)12-15-11-16(24)13-19(25)21(15)31-33(29,30)18-5-3-2-4-6-18/h2-13H,1H3,(H,26,27,28)/b20-12-. The number of halogens is 2. The molecule has 3 aromatic carbocycles. The van der Waals surface area contributed by atoms with Gasteiger partial charge in [-0.3, -0.25) is 4.79 Å². The van der Waals surface area contributed by atoms with Crippen molar-refractivity contribution >= 4 is 76.6 Å². The third-order valence-corrected chi connectivity index (χ3v) is 7.66. The highest BCUT2D eigenvalue weighted by molar-refractivity contribution is 9.11. The molecule has 0 bridgehead atoms. The van der Waals surface area contributed by atoms with Crippen LogP contribution in [0.25, 0.3) is 6.08 Å². The van der Waals surface area contributed by atoms with Crippen LogP contribution < -0.4 is 9.50 Å². The number of hydrogen-bond donors (Lipinski definition) is 1. The maximum atomic E-state index is 12.8. The molecule has 6 nitrogen and oxygen atoms in total. The van der Waals surface area contributed by atoms with Crippen molar-refractivity contribution in [3.63, 3.8) is 0 Å². The van der Waals surface area contributed by atoms with Crippen molar-refractivity contribution in [1.29, 1.82) is 0 Å². The summed E-state index contributed by atoms with van der Waals surface area (Å²) in [5.74, 6) is -0.259. The van der Waals surface area contributed by atoms with Crippen molar-refractivity contribution in [2.24, 2.45) is 4.99 Å². The van der Waals surface area contributed by atoms with Crippen molar-refractivity contribution in [1.82, 2.24) is 5.32 Å². The summed E-state index contributed by atoms with van der Waals surface area (Å²) in [6.07, 6.45) is 1.57. The first-order valence-corrected chi connectivity index (χ1v) is 13.4. The van der Waals surface area contributed by atoms with Crippen LogP contribution in [0, 0.1) is 6.92 Å². The number of nitrogens with zero attached hydrogens (tertiary/aromatic N) is 1. The Morgan fingerprint density at radius 1 is 1.03 bits per heavy atom. The smallest absolute Gasteiger partial charge is 0.339 e. The fourth-order valence-corrected chi connectivity index (χ4v) is 6.15. The van der Waals surface area contributed by atoms with E-state index in [9.17, 15) is 13.2 Å². The van der Waals surface area contributed by atoms with E-state index in [0.29, 0.717) is 30.3 Å². The lowest BCUT2D eigenvalue weighted by atomic mass is 10.2. The minimum atomic E-state index is -4.08. The molecule has 0 radical (unpaired) electrons. The highest BCUT2D eigenvalue weighted by atomic mass is 79.9. The van der Waals surface area contributed by atoms with Crippen LogP contribution in [-0.4, -0.2) is 19.5 Å². The van der Waals surface area contributed by atoms with Gasteiger partial charge >= 0.3 is 10.1 Å². The van der Waals surface area contributed by atoms with Crippen molar-refractivity contribution in [3.8, 4) is 5.75 Å². The molecule has 0 aromatic heterocycles. The van der Waals surface area contributed by atoms with Gasteiger partial charge in [0.15, 0.2) is 10.9 Å². The normalized spacial score (nSPS) is 16.3. The van der Waals surface area contributed by atoms with Crippen LogP contribution in [0.1, 0.15) is 11.1 Å². The number of thioether (sulfide) groups is 1. The molecule has 0 spiro atoms. The molecular weight excluding hydrogens is 592 g/mol. The molecule has 0 aliphatic carbocycles. The Hall–Kier alpha value is -2.40. The molecule has 1 heterocycles. The number of rotatable bonds is 5. The van der Waals surface area contributed by atoms with Crippen LogP contribution >= 0.6 is 43.6 Å². The topological polar surface area (TPSA) is 84.8 Å². The molecule has 1 fully saturated rings. The third kappa shape index (κ3) is 5.75. The van der Waals surface area contributed by atoms with E-state index < -0.39 is 10.1 Å². The minimum absolute atomic E-state index is 0.0268. The zero-order valence-electron chi connectivity index (χ0n) is 17.1. The fraction of sp³-hybridized carbons (Fsp3) is 0.0435. The second-order valence-corrected chi connectivity index (χ2v) is 11.3. The zero-order chi connectivity index (χ0) is 23.6. The van der Waals surface area contributed by atoms with Gasteiger partial charge < -0.3 is 9.50 Å². The minimum Gasteiger partial charge on any atom is -0.377 e. The molecule has 0 saturated carbocycles. The van der Waals surface area contributed by atoms with E-state index in [1.165, 1.54) is 12.1 Å². The molecule has 33 heavy (non-hydrogen) atoms. The van der Waals surface area contributed by atoms with E-state index in [2.05, 4.69) is 42.2 Å². The summed E-state index contributed by atoms with van der Waals surface area (Å²) in [6, 6.07) is 18.8. The monoisotopic (exact) mass is 606 g/mol. The molecule has 1 amide bonds. The molecule has 1 saturated heterocycles. The van der Waals surface area contributed by atoms with Gasteiger partial charge in [0.05, 0.1) is 15.1 Å². The lowest BCUT2D eigenvalue weighted by Crippen LogP contribution is -2.19. The summed E-state index contributed by atoms with van der Waals surface area (Å²) in [5.41, 5.74) is 2.23. The fourth-order valence-electron chi connectivity index (χ4n) is 2.88. The molecule has 168 valence electrons. The lowest BCUT2D eigenvalue weighted by molar-refractivity contribution is -0.115. The number of carbonyl (C=O) groups is 1. The summed E-state index contributed by atoms with van der Waals surface area (Å²) in [6.45, 7) is 1.98. The predicted octanol–water partition coefficient (Wildman–Crippen LogP) is 6.18. The van der Waals surface area contributed by atoms with E-state index in [4.69, 9.17) is 4.18 Å². The van der Waals surface area contributed by atoms with Crippen LogP contribution in [0.2, 0.25) is 0 Å². The summed E-state index contributed by atoms with van der Waals surface area (Å²) < 4.78 is 32.2. The Kier molecular flexibility index (Phi) is 7.08. The van der Waals surface area contributed by atoms with Gasteiger partial charge in [0.1, 0.15) is 4.90 Å². The van der Waals surface area contributed by atoms with Crippen LogP contribution in [-0.2, 0) is 14.9 Å². The number of aliphatic imine (C=N–C) groups is 1. The first kappa shape index (κ1) is 23.7. The van der Waals surface area contributed by atoms with Crippen molar-refractivity contribution in [2.75, 3.05) is 0 Å². The van der Waals surface area contributed by atoms with E-state index in [1.54, 1.807) is 36.4 Å². The summed E-state index contributed by atoms with van der Waals surface area (Å²) in [4.78, 5) is 17.4. The largest absolute Gasteiger partial charge is 0.377 e. The molecule has 0 atom stereocenters. The molecular formula is C23H16Br2N2O4S2. The van der Waals surface area contributed by atoms with Gasteiger partial charge in [-0.15, -0.1) is 0 Å². The maximum Gasteiger partial charge on any atom is 0.339 e. The average Bonchev–Trinajstić information content (AvgIpc) is 3.11. The molecule has 1 N–H and O–H groups in total. The lowest BCUT2D eigenvalue weighted by Gasteiger charge is -2.12. The van der Waals surface area contributed by atoms with E-state index >= 15 is 0 Å². The molecule has 4 rings (SSSR count). The van der Waals surface area contributed by atoms with E-state index in [1.807, 2.05) is 31.2 Å². The van der Waals surface area contributed by atoms with Crippen LogP contribution in [0.15, 0.2) is 90.5 Å². The number of aryl methyl sites for hydroxylation is 1. The Bertz CT molecular complexity index is 1390. The van der Waals surface area contributed by atoms with Crippen LogP contribution in [0.5, 0.6) is 5.75 Å². The van der Waals surface area contributed by atoms with Gasteiger partial charge in [0.25, 0.3) is 5.91 Å². The highest BCUT2D eigenvalue weighted by Gasteiger charge is 2.26. The maximum absolute atomic E-state index is 12.8. The van der Waals surface area contributed by atoms with Gasteiger partial charge in [-0.05, 0) is 77.1 Å². The number of nitrogens with one attached hydrogen (secondary N) is 1. The number of carbonyl (C=O) groups excluding carboxylic acids is 1. The summed E-state index contributed by atoms with van der Waals surface area (Å²) in [5, 5.41) is 3.17. The number of amides is 1. The summed E-state index contributed by atoms with van der Waals surface area (Å²) >= 11 is 7.93. The van der Waals surface area contributed by atoms with Crippen molar-refractivity contribution in [3.05, 3.63) is 91.7 Å². The van der Waals surface area contributed by atoms with Crippen molar-refractivity contribution < 1.29 is 17.4 Å². The van der Waals surface area contributed by atoms with Crippen LogP contribution in [0.3, 0.4) is 0 Å². The second kappa shape index (κ2) is 9.84. The Morgan fingerprint density at radius 2 is 1.73 bits per heavy atom. The number of benzene rings is 3. The zero-order valence-corrected chi connectivity index (χ0v) is 21.9. The number of amidine groups is 1. The van der Waals surface area contributed by atoms with Gasteiger partial charge in [0.2, 0.25) is 0 Å². The quantitative estimate of drug-likeness (QED) is 0.277. The Balaban J connectivity index is 1.68. The molecule has 3 aromatic rings. The van der Waals surface area contributed by atoms with Crippen LogP contribution in [0.4, 0.5) is 5.69 Å². The van der Waals surface area contributed by atoms with Gasteiger partial charge in [0, 0.05) is 10.0 Å². The predicted molar refractivity (Wildman–Crippen MR) is 138 cm³/mol. The van der Waals surface area contributed by atoms with E-state index in [-0.39, 0.29) is 16.6 Å². The highest BCUT2D eigenvalue weighted by Crippen LogP contribution is 2.38. The average molecular weight is 608 g/mol. The second-order valence-electron chi connectivity index (χ2n) is 6.97. The third-order valence-electron chi connectivity index (χ3n) is 4.46. The van der Waals surface area contributed by atoms with Gasteiger partial charge in [-0.1, -0.05) is 51.8 Å². The SMILES string of the molecule is Cc1ccc(N=C2NC(=O)/C(=C/c3cc(Br)cc(Br)c3OS(=O)(=O)c3ccccc3)S2)cc1. The first-order valence-electron chi connectivity index (χ1n) is 9.56.